The maximum Gasteiger partial charge on any atom is 0.305 e. The molecular weight excluding hydrogens is 951 g/mol. The third-order valence-electron chi connectivity index (χ3n) is 12.9. The number of rotatable bonds is 54. The van der Waals surface area contributed by atoms with Crippen LogP contribution in [0, 0.1) is 0 Å². The minimum atomic E-state index is -1.55. The molecule has 0 saturated carbocycles. The van der Waals surface area contributed by atoms with Crippen LogP contribution in [0.15, 0.2) is 0 Å². The predicted octanol–water partition coefficient (Wildman–Crippen LogP) is 6.80. The monoisotopic (exact) mass is 1060 g/mol. The summed E-state index contributed by atoms with van der Waals surface area (Å²) >= 11 is 0. The second kappa shape index (κ2) is 51.7. The molecule has 0 bridgehead atoms. The van der Waals surface area contributed by atoms with Gasteiger partial charge in [-0.15, -0.1) is 0 Å². The van der Waals surface area contributed by atoms with Crippen LogP contribution in [-0.4, -0.2) is 169 Å². The topological polar surface area (TPSA) is 254 Å². The van der Waals surface area contributed by atoms with Gasteiger partial charge in [-0.3, -0.25) is 38.6 Å². The van der Waals surface area contributed by atoms with Crippen LogP contribution in [0.2, 0.25) is 0 Å². The number of nitrogens with one attached hydrogen (secondary N) is 3. The number of amides is 3. The lowest BCUT2D eigenvalue weighted by Crippen LogP contribution is -2.49. The van der Waals surface area contributed by atoms with Gasteiger partial charge in [0.15, 0.2) is 0 Å². The highest BCUT2D eigenvalue weighted by Gasteiger charge is 2.25. The van der Waals surface area contributed by atoms with Crippen LogP contribution in [0.5, 0.6) is 0 Å². The van der Waals surface area contributed by atoms with Crippen LogP contribution >= 0.6 is 0 Å². The Balaban J connectivity index is 5.06. The molecule has 0 radical (unpaired) electrons. The van der Waals surface area contributed by atoms with E-state index in [4.69, 9.17) is 14.2 Å². The van der Waals surface area contributed by atoms with Gasteiger partial charge in [0.1, 0.15) is 18.3 Å². The summed E-state index contributed by atoms with van der Waals surface area (Å²) < 4.78 is 16.0. The van der Waals surface area contributed by atoms with Gasteiger partial charge in [-0.25, -0.2) is 0 Å². The zero-order valence-electron chi connectivity index (χ0n) is 46.7. The molecule has 0 heterocycles. The highest BCUT2D eigenvalue weighted by Crippen LogP contribution is 2.12. The molecule has 0 aromatic rings. The summed E-state index contributed by atoms with van der Waals surface area (Å²) in [6.07, 6.45) is 24.5. The van der Waals surface area contributed by atoms with Crippen molar-refractivity contribution >= 4 is 35.6 Å². The van der Waals surface area contributed by atoms with Crippen LogP contribution < -0.4 is 16.0 Å². The van der Waals surface area contributed by atoms with Crippen molar-refractivity contribution in [2.75, 3.05) is 85.3 Å². The van der Waals surface area contributed by atoms with Gasteiger partial charge in [0.2, 0.25) is 17.7 Å². The molecule has 3 amide bonds. The van der Waals surface area contributed by atoms with Crippen molar-refractivity contribution in [3.8, 4) is 0 Å². The fourth-order valence-electron chi connectivity index (χ4n) is 8.36. The Morgan fingerprint density at radius 1 is 0.365 bits per heavy atom. The SMILES string of the molecule is CCCCCCCCCCOC(=O)CCCNC(=O)C(O)CN(CCO)CCCN(CC(O)C(=O)NCCCC(=O)OCCCCCCCCCC)CC(O)C(=O)NCCCC(=O)OCCCCCCCCCC. The first-order valence-electron chi connectivity index (χ1n) is 29.3. The van der Waals surface area contributed by atoms with Gasteiger partial charge in [0.25, 0.3) is 0 Å². The number of ether oxygens (including phenoxy) is 3. The average molecular weight is 1060 g/mol. The molecule has 0 aliphatic heterocycles. The van der Waals surface area contributed by atoms with Crippen LogP contribution in [0.4, 0.5) is 0 Å². The Hall–Kier alpha value is -3.42. The summed E-state index contributed by atoms with van der Waals surface area (Å²) in [5, 5.41) is 50.3. The molecule has 74 heavy (non-hydrogen) atoms. The van der Waals surface area contributed by atoms with Crippen molar-refractivity contribution in [2.45, 2.75) is 238 Å². The van der Waals surface area contributed by atoms with Gasteiger partial charge < -0.3 is 50.6 Å². The predicted molar refractivity (Wildman–Crippen MR) is 290 cm³/mol. The first kappa shape index (κ1) is 70.6. The quantitative estimate of drug-likeness (QED) is 0.0188. The van der Waals surface area contributed by atoms with E-state index < -0.39 is 36.0 Å². The first-order valence-corrected chi connectivity index (χ1v) is 29.3. The maximum absolute atomic E-state index is 13.0. The number of hydrogen-bond donors (Lipinski definition) is 7. The average Bonchev–Trinajstić information content (AvgIpc) is 3.38. The summed E-state index contributed by atoms with van der Waals surface area (Å²) in [5.41, 5.74) is 0. The number of carbonyl (C=O) groups is 6. The van der Waals surface area contributed by atoms with Gasteiger partial charge in [0, 0.05) is 65.1 Å². The van der Waals surface area contributed by atoms with E-state index in [0.29, 0.717) is 45.5 Å². The summed E-state index contributed by atoms with van der Waals surface area (Å²) in [6.45, 7) is 7.79. The minimum absolute atomic E-state index is 0.109. The van der Waals surface area contributed by atoms with Crippen LogP contribution in [-0.2, 0) is 43.0 Å². The smallest absolute Gasteiger partial charge is 0.305 e. The Kier molecular flexibility index (Phi) is 49.3. The number of hydrogen-bond acceptors (Lipinski definition) is 15. The Morgan fingerprint density at radius 3 is 0.932 bits per heavy atom. The van der Waals surface area contributed by atoms with E-state index in [2.05, 4.69) is 36.7 Å². The summed E-state index contributed by atoms with van der Waals surface area (Å²) in [4.78, 5) is 78.5. The lowest BCUT2D eigenvalue weighted by atomic mass is 10.1. The third-order valence-corrected chi connectivity index (χ3v) is 12.9. The summed E-state index contributed by atoms with van der Waals surface area (Å²) in [6, 6.07) is 0. The molecular formula is C56H107N5O13. The van der Waals surface area contributed by atoms with Gasteiger partial charge in [-0.1, -0.05) is 156 Å². The Morgan fingerprint density at radius 2 is 0.635 bits per heavy atom. The standard InChI is InChI=1S/C56H107N5O13/c1-4-7-10-13-16-19-22-25-42-72-51(66)32-28-35-57-54(69)48(63)45-60(40-41-62)38-31-39-61(46-49(64)55(70)58-36-29-33-52(67)73-43-26-23-20-17-14-11-8-5-2)47-50(65)56(71)59-37-30-34-53(68)74-44-27-24-21-18-15-12-9-6-3/h48-50,62-65H,4-47H2,1-3H3,(H,57,69)(H,58,70)(H,59,71). The summed E-state index contributed by atoms with van der Waals surface area (Å²) in [5.74, 6) is -3.04. The molecule has 0 fully saturated rings. The third kappa shape index (κ3) is 44.8. The molecule has 7 N–H and O–H groups in total. The number of aliphatic hydroxyl groups is 4. The lowest BCUT2D eigenvalue weighted by molar-refractivity contribution is -0.144. The number of carbonyl (C=O) groups excluding carboxylic acids is 6. The van der Waals surface area contributed by atoms with Gasteiger partial charge in [-0.05, 0) is 58.0 Å². The van der Waals surface area contributed by atoms with E-state index in [1.807, 2.05) is 0 Å². The number of aliphatic hydroxyl groups excluding tert-OH is 4. The largest absolute Gasteiger partial charge is 0.466 e. The number of nitrogens with zero attached hydrogens (tertiary/aromatic N) is 2. The first-order chi connectivity index (χ1) is 35.9. The fraction of sp³-hybridized carbons (Fsp3) is 0.893. The van der Waals surface area contributed by atoms with Crippen LogP contribution in [0.25, 0.3) is 0 Å². The van der Waals surface area contributed by atoms with Crippen molar-refractivity contribution in [2.24, 2.45) is 0 Å². The molecule has 0 aliphatic rings. The maximum atomic E-state index is 13.0. The van der Waals surface area contributed by atoms with Crippen molar-refractivity contribution in [3.63, 3.8) is 0 Å². The highest BCUT2D eigenvalue weighted by atomic mass is 16.5. The molecule has 3 unspecified atom stereocenters. The number of unbranched alkanes of at least 4 members (excludes halogenated alkanes) is 21. The van der Waals surface area contributed by atoms with Gasteiger partial charge in [-0.2, -0.15) is 0 Å². The molecule has 0 aromatic carbocycles. The molecule has 0 aliphatic carbocycles. The molecule has 0 aromatic heterocycles. The van der Waals surface area contributed by atoms with E-state index in [9.17, 15) is 49.2 Å². The normalized spacial score (nSPS) is 12.6. The zero-order chi connectivity index (χ0) is 54.7. The Bertz CT molecular complexity index is 1330. The van der Waals surface area contributed by atoms with Crippen molar-refractivity contribution in [1.82, 2.24) is 25.8 Å². The second-order valence-corrected chi connectivity index (χ2v) is 20.0. The van der Waals surface area contributed by atoms with E-state index in [0.717, 1.165) is 57.8 Å². The van der Waals surface area contributed by atoms with Crippen molar-refractivity contribution < 1.29 is 63.4 Å². The molecule has 3 atom stereocenters. The van der Waals surface area contributed by atoms with E-state index in [1.165, 1.54) is 96.3 Å². The highest BCUT2D eigenvalue weighted by molar-refractivity contribution is 5.82. The second-order valence-electron chi connectivity index (χ2n) is 20.0. The molecule has 18 nitrogen and oxygen atoms in total. The lowest BCUT2D eigenvalue weighted by Gasteiger charge is -2.28. The molecule has 434 valence electrons. The van der Waals surface area contributed by atoms with Crippen LogP contribution in [0.3, 0.4) is 0 Å². The van der Waals surface area contributed by atoms with Crippen molar-refractivity contribution in [1.29, 1.82) is 0 Å². The molecule has 0 spiro atoms. The van der Waals surface area contributed by atoms with Crippen LogP contribution in [0.1, 0.15) is 220 Å². The fourth-order valence-corrected chi connectivity index (χ4v) is 8.36. The van der Waals surface area contributed by atoms with Gasteiger partial charge >= 0.3 is 17.9 Å². The molecule has 18 heteroatoms. The molecule has 0 rings (SSSR count). The van der Waals surface area contributed by atoms with E-state index >= 15 is 0 Å². The van der Waals surface area contributed by atoms with E-state index in [1.54, 1.807) is 9.80 Å². The van der Waals surface area contributed by atoms with Crippen molar-refractivity contribution in [3.05, 3.63) is 0 Å². The molecule has 0 saturated heterocycles. The minimum Gasteiger partial charge on any atom is -0.466 e. The van der Waals surface area contributed by atoms with E-state index in [-0.39, 0.29) is 103 Å². The Labute approximate surface area is 446 Å². The van der Waals surface area contributed by atoms with Gasteiger partial charge in [0.05, 0.1) is 26.4 Å². The summed E-state index contributed by atoms with van der Waals surface area (Å²) in [7, 11) is 0. The number of esters is 3. The zero-order valence-corrected chi connectivity index (χ0v) is 46.7.